The second-order valence-electron chi connectivity index (χ2n) is 3.97. The van der Waals surface area contributed by atoms with Crippen molar-refractivity contribution in [3.05, 3.63) is 40.8 Å². The molecular weight excluding hydrogens is 253 g/mol. The molecule has 0 aliphatic rings. The van der Waals surface area contributed by atoms with Gasteiger partial charge in [0, 0.05) is 5.39 Å². The van der Waals surface area contributed by atoms with Crippen LogP contribution >= 0.6 is 0 Å². The van der Waals surface area contributed by atoms with E-state index in [9.17, 15) is 14.0 Å². The Labute approximate surface area is 107 Å². The van der Waals surface area contributed by atoms with Gasteiger partial charge in [0.1, 0.15) is 5.56 Å². The highest BCUT2D eigenvalue weighted by atomic mass is 19.1. The maximum absolute atomic E-state index is 14.1. The van der Waals surface area contributed by atoms with Crippen molar-refractivity contribution >= 4 is 22.8 Å². The summed E-state index contributed by atoms with van der Waals surface area (Å²) in [5.41, 5.74) is -0.211. The Hall–Kier alpha value is -2.50. The largest absolute Gasteiger partial charge is 0.478 e. The summed E-state index contributed by atoms with van der Waals surface area (Å²) in [5.74, 6) is -3.65. The van der Waals surface area contributed by atoms with E-state index >= 15 is 0 Å². The number of esters is 1. The number of pyridine rings is 1. The first kappa shape index (κ1) is 12.9. The molecule has 0 spiro atoms. The van der Waals surface area contributed by atoms with Crippen LogP contribution in [0, 0.1) is 12.7 Å². The van der Waals surface area contributed by atoms with Gasteiger partial charge in [-0.1, -0.05) is 11.6 Å². The molecule has 0 bridgehead atoms. The molecule has 1 aromatic carbocycles. The summed E-state index contributed by atoms with van der Waals surface area (Å²) in [6, 6.07) is 4.73. The molecule has 0 fully saturated rings. The molecule has 2 aromatic rings. The SMILES string of the molecule is COC(=O)c1nc2ccc(C)cc2c(C(=O)O)c1F. The minimum atomic E-state index is -1.46. The first-order chi connectivity index (χ1) is 8.95. The molecule has 0 saturated heterocycles. The number of aromatic nitrogens is 1. The highest BCUT2D eigenvalue weighted by molar-refractivity contribution is 6.05. The molecular formula is C13H10FNO4. The number of methoxy groups -OCH3 is 1. The summed E-state index contributed by atoms with van der Waals surface area (Å²) in [6.07, 6.45) is 0. The van der Waals surface area contributed by atoms with Gasteiger partial charge in [-0.05, 0) is 19.1 Å². The first-order valence-electron chi connectivity index (χ1n) is 5.37. The Morgan fingerprint density at radius 3 is 2.63 bits per heavy atom. The molecule has 1 aromatic heterocycles. The molecule has 2 rings (SSSR count). The van der Waals surface area contributed by atoms with Crippen molar-refractivity contribution in [2.24, 2.45) is 0 Å². The summed E-state index contributed by atoms with van der Waals surface area (Å²) >= 11 is 0. The second kappa shape index (κ2) is 4.64. The van der Waals surface area contributed by atoms with E-state index in [1.807, 2.05) is 0 Å². The van der Waals surface area contributed by atoms with E-state index in [2.05, 4.69) is 9.72 Å². The number of rotatable bonds is 2. The lowest BCUT2D eigenvalue weighted by molar-refractivity contribution is 0.0588. The molecule has 1 N–H and O–H groups in total. The molecule has 0 radical (unpaired) electrons. The van der Waals surface area contributed by atoms with Crippen LogP contribution in [-0.2, 0) is 4.74 Å². The number of carbonyl (C=O) groups is 2. The number of carboxylic acid groups (broad SMARTS) is 1. The summed E-state index contributed by atoms with van der Waals surface area (Å²) < 4.78 is 18.5. The predicted octanol–water partition coefficient (Wildman–Crippen LogP) is 2.17. The van der Waals surface area contributed by atoms with Gasteiger partial charge in [-0.3, -0.25) is 0 Å². The Bertz CT molecular complexity index is 697. The van der Waals surface area contributed by atoms with Gasteiger partial charge in [0.05, 0.1) is 12.6 Å². The van der Waals surface area contributed by atoms with E-state index in [4.69, 9.17) is 5.11 Å². The lowest BCUT2D eigenvalue weighted by Gasteiger charge is -2.08. The number of hydrogen-bond donors (Lipinski definition) is 1. The Morgan fingerprint density at radius 1 is 1.37 bits per heavy atom. The fraction of sp³-hybridized carbons (Fsp3) is 0.154. The summed E-state index contributed by atoms with van der Waals surface area (Å²) in [5, 5.41) is 9.26. The van der Waals surface area contributed by atoms with Crippen LogP contribution in [0.1, 0.15) is 26.4 Å². The maximum atomic E-state index is 14.1. The Balaban J connectivity index is 2.90. The third kappa shape index (κ3) is 2.12. The molecule has 0 saturated carbocycles. The minimum Gasteiger partial charge on any atom is -0.478 e. The molecule has 19 heavy (non-hydrogen) atoms. The molecule has 5 nitrogen and oxygen atoms in total. The van der Waals surface area contributed by atoms with Gasteiger partial charge in [0.15, 0.2) is 11.5 Å². The second-order valence-corrected chi connectivity index (χ2v) is 3.97. The number of fused-ring (bicyclic) bond motifs is 1. The van der Waals surface area contributed by atoms with Gasteiger partial charge in [0.2, 0.25) is 0 Å². The van der Waals surface area contributed by atoms with Crippen molar-refractivity contribution in [1.29, 1.82) is 0 Å². The topological polar surface area (TPSA) is 76.5 Å². The number of hydrogen-bond acceptors (Lipinski definition) is 4. The molecule has 0 amide bonds. The molecule has 1 heterocycles. The Morgan fingerprint density at radius 2 is 2.05 bits per heavy atom. The monoisotopic (exact) mass is 263 g/mol. The number of aromatic carboxylic acids is 1. The van der Waals surface area contributed by atoms with E-state index < -0.39 is 29.0 Å². The van der Waals surface area contributed by atoms with E-state index in [0.717, 1.165) is 12.7 Å². The van der Waals surface area contributed by atoms with Crippen molar-refractivity contribution in [3.63, 3.8) is 0 Å². The van der Waals surface area contributed by atoms with Gasteiger partial charge in [0.25, 0.3) is 0 Å². The van der Waals surface area contributed by atoms with Crippen molar-refractivity contribution < 1.29 is 23.8 Å². The number of halogens is 1. The zero-order valence-corrected chi connectivity index (χ0v) is 10.2. The van der Waals surface area contributed by atoms with E-state index in [1.54, 1.807) is 13.0 Å². The van der Waals surface area contributed by atoms with Gasteiger partial charge < -0.3 is 9.84 Å². The van der Waals surface area contributed by atoms with Crippen LogP contribution in [-0.4, -0.2) is 29.1 Å². The van der Waals surface area contributed by atoms with Crippen molar-refractivity contribution in [2.45, 2.75) is 6.92 Å². The van der Waals surface area contributed by atoms with Crippen molar-refractivity contribution in [1.82, 2.24) is 4.98 Å². The number of ether oxygens (including phenoxy) is 1. The van der Waals surface area contributed by atoms with Crippen LogP contribution in [0.25, 0.3) is 10.9 Å². The number of carbonyl (C=O) groups excluding carboxylic acids is 1. The van der Waals surface area contributed by atoms with Crippen LogP contribution in [0.5, 0.6) is 0 Å². The molecule has 6 heteroatoms. The van der Waals surface area contributed by atoms with Crippen molar-refractivity contribution in [3.8, 4) is 0 Å². The minimum absolute atomic E-state index is 0.151. The van der Waals surface area contributed by atoms with Crippen LogP contribution in [0.3, 0.4) is 0 Å². The van der Waals surface area contributed by atoms with Crippen LogP contribution in [0.2, 0.25) is 0 Å². The van der Waals surface area contributed by atoms with Crippen LogP contribution in [0.15, 0.2) is 18.2 Å². The zero-order chi connectivity index (χ0) is 14.2. The first-order valence-corrected chi connectivity index (χ1v) is 5.37. The van der Waals surface area contributed by atoms with Gasteiger partial charge in [-0.2, -0.15) is 0 Å². The van der Waals surface area contributed by atoms with E-state index in [1.165, 1.54) is 12.1 Å². The number of nitrogens with zero attached hydrogens (tertiary/aromatic N) is 1. The third-order valence-electron chi connectivity index (χ3n) is 2.67. The van der Waals surface area contributed by atoms with Crippen molar-refractivity contribution in [2.75, 3.05) is 7.11 Å². The standard InChI is InChI=1S/C13H10FNO4/c1-6-3-4-8-7(5-6)9(12(16)17)10(14)11(15-8)13(18)19-2/h3-5H,1-2H3,(H,16,17). The van der Waals surface area contributed by atoms with Gasteiger partial charge >= 0.3 is 11.9 Å². The molecule has 0 aliphatic heterocycles. The van der Waals surface area contributed by atoms with E-state index in [0.29, 0.717) is 0 Å². The van der Waals surface area contributed by atoms with Gasteiger partial charge in [-0.15, -0.1) is 0 Å². The number of aryl methyl sites for hydroxylation is 1. The number of benzene rings is 1. The maximum Gasteiger partial charge on any atom is 0.359 e. The van der Waals surface area contributed by atoms with E-state index in [-0.39, 0.29) is 10.9 Å². The highest BCUT2D eigenvalue weighted by Crippen LogP contribution is 2.24. The van der Waals surface area contributed by atoms with Crippen LogP contribution in [0.4, 0.5) is 4.39 Å². The fourth-order valence-corrected chi connectivity index (χ4v) is 1.79. The predicted molar refractivity (Wildman–Crippen MR) is 64.7 cm³/mol. The summed E-state index contributed by atoms with van der Waals surface area (Å²) in [7, 11) is 1.07. The normalized spacial score (nSPS) is 10.5. The number of carboxylic acids is 1. The quantitative estimate of drug-likeness (QED) is 0.840. The third-order valence-corrected chi connectivity index (χ3v) is 2.67. The molecule has 0 unspecified atom stereocenters. The lowest BCUT2D eigenvalue weighted by Crippen LogP contribution is -2.13. The molecule has 0 atom stereocenters. The smallest absolute Gasteiger partial charge is 0.359 e. The summed E-state index contributed by atoms with van der Waals surface area (Å²) in [4.78, 5) is 26.4. The lowest BCUT2D eigenvalue weighted by atomic mass is 10.0. The highest BCUT2D eigenvalue weighted by Gasteiger charge is 2.24. The Kier molecular flexibility index (Phi) is 3.16. The summed E-state index contributed by atoms with van der Waals surface area (Å²) in [6.45, 7) is 1.75. The average Bonchev–Trinajstić information content (AvgIpc) is 2.36. The zero-order valence-electron chi connectivity index (χ0n) is 10.2. The fourth-order valence-electron chi connectivity index (χ4n) is 1.79. The average molecular weight is 263 g/mol. The van der Waals surface area contributed by atoms with Crippen LogP contribution < -0.4 is 0 Å². The van der Waals surface area contributed by atoms with Gasteiger partial charge in [-0.25, -0.2) is 19.0 Å². The molecule has 0 aliphatic carbocycles. The molecule has 98 valence electrons.